The first-order valence-electron chi connectivity index (χ1n) is 12.7. The van der Waals surface area contributed by atoms with Crippen molar-refractivity contribution in [3.8, 4) is 0 Å². The molecule has 0 saturated heterocycles. The van der Waals surface area contributed by atoms with Gasteiger partial charge in [0.15, 0.2) is 36.3 Å². The van der Waals surface area contributed by atoms with Gasteiger partial charge in [0, 0.05) is 5.75 Å². The maximum atomic E-state index is 13.1. The van der Waals surface area contributed by atoms with Crippen LogP contribution < -0.4 is 17.0 Å². The first-order valence-corrected chi connectivity index (χ1v) is 14.5. The molecule has 3 rings (SSSR count). The largest absolute Gasteiger partial charge is 0.519 e. The average Bonchev–Trinajstić information content (AvgIpc) is 3.41. The van der Waals surface area contributed by atoms with Gasteiger partial charge < -0.3 is 37.2 Å². The lowest BCUT2D eigenvalue weighted by Crippen LogP contribution is -2.51. The van der Waals surface area contributed by atoms with Crippen LogP contribution in [0.15, 0.2) is 27.3 Å². The molecule has 0 unspecified atom stereocenters. The van der Waals surface area contributed by atoms with Crippen molar-refractivity contribution in [2.24, 2.45) is 0 Å². The minimum atomic E-state index is -1.41. The lowest BCUT2D eigenvalue weighted by molar-refractivity contribution is -0.153. The minimum absolute atomic E-state index is 0.0331. The van der Waals surface area contributed by atoms with Gasteiger partial charge in [-0.2, -0.15) is 0 Å². The predicted octanol–water partition coefficient (Wildman–Crippen LogP) is 3.97. The molecule has 2 aromatic heterocycles. The fourth-order valence-electron chi connectivity index (χ4n) is 3.67. The fraction of sp³-hybridized carbons (Fsp3) is 0.600. The number of nitrogens with one attached hydrogen (secondary N) is 1. The van der Waals surface area contributed by atoms with Gasteiger partial charge in [-0.25, -0.2) is 24.0 Å². The standard InChI is InChI=1S/C25H31NO13S2/c1-13-17(38-21(29)35-13)10-33-23(31)40-12-16(19(27)37-15-8-6-5-7-9-15)26-20(28)25(3,4)41-24(32)34-11-18-14(2)36-22(30)39-18/h15-16H,5-12H2,1-4H3,(H,26,28)/t16-/m0/s1. The van der Waals surface area contributed by atoms with E-state index in [-0.39, 0.29) is 48.1 Å². The van der Waals surface area contributed by atoms with E-state index in [1.165, 1.54) is 27.7 Å². The summed E-state index contributed by atoms with van der Waals surface area (Å²) in [7, 11) is 0. The normalized spacial score (nSPS) is 14.7. The van der Waals surface area contributed by atoms with Crippen molar-refractivity contribution >= 4 is 46.0 Å². The molecule has 0 bridgehead atoms. The summed E-state index contributed by atoms with van der Waals surface area (Å²) in [6.07, 6.45) is 3.95. The Morgan fingerprint density at radius 3 is 1.93 bits per heavy atom. The summed E-state index contributed by atoms with van der Waals surface area (Å²) in [5.74, 6) is -3.11. The quantitative estimate of drug-likeness (QED) is 0.281. The number of ether oxygens (including phenoxy) is 3. The number of carbonyl (C=O) groups is 4. The molecule has 1 fully saturated rings. The summed E-state index contributed by atoms with van der Waals surface area (Å²) in [6, 6.07) is -1.24. The number of thioether (sulfide) groups is 2. The second kappa shape index (κ2) is 14.5. The van der Waals surface area contributed by atoms with Crippen molar-refractivity contribution in [3.05, 3.63) is 44.3 Å². The Kier molecular flexibility index (Phi) is 11.3. The highest BCUT2D eigenvalue weighted by Gasteiger charge is 2.36. The molecule has 1 atom stereocenters. The third-order valence-electron chi connectivity index (χ3n) is 5.99. The Labute approximate surface area is 242 Å². The van der Waals surface area contributed by atoms with Crippen LogP contribution in [0.25, 0.3) is 0 Å². The average molecular weight is 618 g/mol. The van der Waals surface area contributed by atoms with Gasteiger partial charge in [-0.3, -0.25) is 4.79 Å². The number of carbonyl (C=O) groups excluding carboxylic acids is 4. The van der Waals surface area contributed by atoms with Gasteiger partial charge in [0.25, 0.3) is 0 Å². The van der Waals surface area contributed by atoms with Gasteiger partial charge >= 0.3 is 28.2 Å². The molecule has 1 aliphatic carbocycles. The minimum Gasteiger partial charge on any atom is -0.461 e. The van der Waals surface area contributed by atoms with Crippen LogP contribution in [0.4, 0.5) is 9.59 Å². The summed E-state index contributed by atoms with van der Waals surface area (Å²) in [4.78, 5) is 73.2. The molecule has 2 aromatic rings. The zero-order valence-corrected chi connectivity index (χ0v) is 24.6. The number of hydrogen-bond donors (Lipinski definition) is 1. The lowest BCUT2D eigenvalue weighted by Gasteiger charge is -2.27. The Bertz CT molecular complexity index is 1350. The molecule has 41 heavy (non-hydrogen) atoms. The summed E-state index contributed by atoms with van der Waals surface area (Å²) in [5.41, 5.74) is 0. The zero-order valence-electron chi connectivity index (χ0n) is 22.9. The van der Waals surface area contributed by atoms with Crippen LogP contribution in [0.1, 0.15) is 69.0 Å². The monoisotopic (exact) mass is 617 g/mol. The maximum absolute atomic E-state index is 13.1. The molecule has 0 spiro atoms. The molecule has 0 aromatic carbocycles. The van der Waals surface area contributed by atoms with E-state index >= 15 is 0 Å². The molecular weight excluding hydrogens is 586 g/mol. The van der Waals surface area contributed by atoms with Gasteiger partial charge in [-0.15, -0.1) is 0 Å². The molecule has 226 valence electrons. The van der Waals surface area contributed by atoms with E-state index < -0.39 is 44.9 Å². The van der Waals surface area contributed by atoms with Crippen molar-refractivity contribution in [1.29, 1.82) is 0 Å². The second-order valence-corrected chi connectivity index (χ2v) is 12.1. The van der Waals surface area contributed by atoms with E-state index in [9.17, 15) is 28.8 Å². The van der Waals surface area contributed by atoms with E-state index in [1.54, 1.807) is 0 Å². The molecule has 1 aliphatic rings. The van der Waals surface area contributed by atoms with Gasteiger partial charge in [0.05, 0.1) is 4.75 Å². The van der Waals surface area contributed by atoms with Crippen molar-refractivity contribution < 1.29 is 51.1 Å². The molecule has 1 saturated carbocycles. The number of amides is 1. The van der Waals surface area contributed by atoms with Crippen molar-refractivity contribution in [2.75, 3.05) is 5.75 Å². The second-order valence-electron chi connectivity index (χ2n) is 9.59. The van der Waals surface area contributed by atoms with Gasteiger partial charge in [0.1, 0.15) is 12.1 Å². The summed E-state index contributed by atoms with van der Waals surface area (Å²) in [5, 5.41) is 0.925. The molecule has 2 heterocycles. The van der Waals surface area contributed by atoms with Crippen LogP contribution in [-0.2, 0) is 37.0 Å². The molecular formula is C25H31NO13S2. The van der Waals surface area contributed by atoms with Crippen molar-refractivity contribution in [1.82, 2.24) is 5.32 Å². The van der Waals surface area contributed by atoms with Crippen LogP contribution >= 0.6 is 23.5 Å². The number of rotatable bonds is 11. The van der Waals surface area contributed by atoms with Crippen LogP contribution in [0.5, 0.6) is 0 Å². The SMILES string of the molecule is Cc1oc(=O)oc1COC(=O)SC[C@H](NC(=O)C(C)(C)SC(=O)OCc1oc(=O)oc1C)C(=O)OC1CCCCC1. The molecule has 1 amide bonds. The Morgan fingerprint density at radius 1 is 0.878 bits per heavy atom. The van der Waals surface area contributed by atoms with Crippen LogP contribution in [0.2, 0.25) is 0 Å². The summed E-state index contributed by atoms with van der Waals surface area (Å²) < 4.78 is 33.3. The fourth-order valence-corrected chi connectivity index (χ4v) is 5.02. The van der Waals surface area contributed by atoms with E-state index in [1.807, 2.05) is 0 Å². The summed E-state index contributed by atoms with van der Waals surface area (Å²) in [6.45, 7) is 5.10. The van der Waals surface area contributed by atoms with Crippen molar-refractivity contribution in [3.63, 3.8) is 0 Å². The molecule has 1 N–H and O–H groups in total. The molecule has 14 nitrogen and oxygen atoms in total. The maximum Gasteiger partial charge on any atom is 0.519 e. The first-order chi connectivity index (χ1) is 19.3. The highest BCUT2D eigenvalue weighted by atomic mass is 32.2. The molecule has 0 aliphatic heterocycles. The van der Waals surface area contributed by atoms with Gasteiger partial charge in [0.2, 0.25) is 5.91 Å². The first kappa shape index (κ1) is 32.1. The topological polar surface area (TPSA) is 195 Å². The van der Waals surface area contributed by atoms with Crippen molar-refractivity contribution in [2.45, 2.75) is 89.9 Å². The number of aryl methyl sites for hydroxylation is 2. The van der Waals surface area contributed by atoms with Gasteiger partial charge in [-0.1, -0.05) is 6.42 Å². The highest BCUT2D eigenvalue weighted by Crippen LogP contribution is 2.28. The summed E-state index contributed by atoms with van der Waals surface area (Å²) >= 11 is 1.16. The third-order valence-corrected chi connectivity index (χ3v) is 7.83. The Hall–Kier alpha value is -3.40. The van der Waals surface area contributed by atoms with E-state index in [0.29, 0.717) is 36.4 Å². The smallest absolute Gasteiger partial charge is 0.461 e. The third kappa shape index (κ3) is 9.88. The van der Waals surface area contributed by atoms with Crippen LogP contribution in [-0.4, -0.2) is 45.1 Å². The highest BCUT2D eigenvalue weighted by molar-refractivity contribution is 8.15. The Balaban J connectivity index is 1.58. The molecule has 0 radical (unpaired) electrons. The number of esters is 1. The van der Waals surface area contributed by atoms with E-state index in [2.05, 4.69) is 5.32 Å². The Morgan fingerprint density at radius 2 is 1.41 bits per heavy atom. The van der Waals surface area contributed by atoms with Gasteiger partial charge in [-0.05, 0) is 76.9 Å². The van der Waals surface area contributed by atoms with E-state index in [4.69, 9.17) is 31.9 Å². The zero-order chi connectivity index (χ0) is 30.2. The number of hydrogen-bond acceptors (Lipinski definition) is 15. The molecule has 16 heteroatoms. The van der Waals surface area contributed by atoms with Crippen LogP contribution in [0.3, 0.4) is 0 Å². The predicted molar refractivity (Wildman–Crippen MR) is 143 cm³/mol. The van der Waals surface area contributed by atoms with Crippen LogP contribution in [0, 0.1) is 13.8 Å². The lowest BCUT2D eigenvalue weighted by atomic mass is 9.98. The van der Waals surface area contributed by atoms with E-state index in [0.717, 1.165) is 19.3 Å².